The lowest BCUT2D eigenvalue weighted by molar-refractivity contribution is 0.0992. The Balaban J connectivity index is 2.09. The first-order chi connectivity index (χ1) is 11.8. The lowest BCUT2D eigenvalue weighted by Gasteiger charge is -2.29. The van der Waals surface area contributed by atoms with Crippen molar-refractivity contribution < 1.29 is 23.8 Å². The molecule has 1 aliphatic rings. The van der Waals surface area contributed by atoms with Crippen LogP contribution in [-0.4, -0.2) is 40.3 Å². The molecule has 1 aromatic heterocycles. The number of hydrogen-bond donors (Lipinski definition) is 4. The maximum Gasteiger partial charge on any atom is 0.404 e. The Bertz CT molecular complexity index is 645. The van der Waals surface area contributed by atoms with Gasteiger partial charge in [-0.15, -0.1) is 0 Å². The Kier molecular flexibility index (Phi) is 6.00. The Morgan fingerprint density at radius 1 is 1.32 bits per heavy atom. The molecule has 0 aliphatic heterocycles. The third-order valence-corrected chi connectivity index (χ3v) is 3.95. The van der Waals surface area contributed by atoms with Crippen LogP contribution in [0.15, 0.2) is 6.07 Å². The highest BCUT2D eigenvalue weighted by molar-refractivity contribution is 5.95. The highest BCUT2D eigenvalue weighted by atomic mass is 19.1. The summed E-state index contributed by atoms with van der Waals surface area (Å²) in [6, 6.07) is 0.887. The van der Waals surface area contributed by atoms with Gasteiger partial charge >= 0.3 is 6.09 Å². The van der Waals surface area contributed by atoms with Gasteiger partial charge in [-0.1, -0.05) is 0 Å². The maximum absolute atomic E-state index is 14.3. The minimum Gasteiger partial charge on any atom is -0.474 e. The number of aromatic nitrogens is 1. The van der Waals surface area contributed by atoms with Crippen LogP contribution in [0, 0.1) is 5.82 Å². The molecule has 1 aliphatic carbocycles. The minimum atomic E-state index is -1.04. The Morgan fingerprint density at radius 3 is 2.44 bits per heavy atom. The first kappa shape index (κ1) is 18.8. The quantitative estimate of drug-likeness (QED) is 0.620. The highest BCUT2D eigenvalue weighted by Gasteiger charge is 2.24. The summed E-state index contributed by atoms with van der Waals surface area (Å²) in [7, 11) is 0. The average Bonchev–Trinajstić information content (AvgIpc) is 2.51. The zero-order valence-electron chi connectivity index (χ0n) is 14.2. The van der Waals surface area contributed by atoms with E-state index in [1.54, 1.807) is 13.8 Å². The Labute approximate surface area is 144 Å². The highest BCUT2D eigenvalue weighted by Crippen LogP contribution is 2.27. The van der Waals surface area contributed by atoms with Crippen molar-refractivity contribution in [2.24, 2.45) is 5.73 Å². The number of carbonyl (C=O) groups excluding carboxylic acids is 1. The van der Waals surface area contributed by atoms with E-state index in [0.29, 0.717) is 25.7 Å². The molecule has 0 saturated heterocycles. The van der Waals surface area contributed by atoms with Crippen LogP contribution < -0.4 is 21.1 Å². The number of hydrogen-bond acceptors (Lipinski definition) is 5. The molecule has 0 radical (unpaired) electrons. The number of halogens is 1. The number of rotatable bonds is 6. The minimum absolute atomic E-state index is 0.00436. The molecule has 2 rings (SSSR count). The number of anilines is 1. The number of carboxylic acid groups (broad SMARTS) is 1. The van der Waals surface area contributed by atoms with Gasteiger partial charge in [0, 0.05) is 12.1 Å². The van der Waals surface area contributed by atoms with Crippen LogP contribution in [0.5, 0.6) is 5.88 Å². The summed E-state index contributed by atoms with van der Waals surface area (Å²) in [6.45, 7) is 3.53. The van der Waals surface area contributed by atoms with E-state index < -0.39 is 17.8 Å². The molecule has 1 aromatic rings. The van der Waals surface area contributed by atoms with Gasteiger partial charge in [0.25, 0.3) is 5.91 Å². The summed E-state index contributed by atoms with van der Waals surface area (Å²) in [5.41, 5.74) is 5.14. The first-order valence-corrected chi connectivity index (χ1v) is 8.19. The summed E-state index contributed by atoms with van der Waals surface area (Å²) >= 11 is 0. The van der Waals surface area contributed by atoms with E-state index in [1.165, 1.54) is 0 Å². The van der Waals surface area contributed by atoms with Crippen LogP contribution in [0.1, 0.15) is 49.9 Å². The van der Waals surface area contributed by atoms with E-state index >= 15 is 0 Å². The number of primary amides is 1. The second-order valence-electron chi connectivity index (χ2n) is 6.34. The first-order valence-electron chi connectivity index (χ1n) is 8.19. The number of nitrogens with one attached hydrogen (secondary N) is 2. The summed E-state index contributed by atoms with van der Waals surface area (Å²) in [5.74, 6) is -1.51. The predicted octanol–water partition coefficient (Wildman–Crippen LogP) is 2.10. The van der Waals surface area contributed by atoms with Crippen LogP contribution in [0.25, 0.3) is 0 Å². The van der Waals surface area contributed by atoms with E-state index in [0.717, 1.165) is 6.07 Å². The van der Waals surface area contributed by atoms with Gasteiger partial charge in [-0.3, -0.25) is 4.79 Å². The molecule has 1 saturated carbocycles. The standard InChI is InChI=1S/C16H23FN4O4/c1-8(2)25-15-11(13(18)22)7-12(17)14(21-15)19-9-3-5-10(6-4-9)20-16(23)24/h7-10,20H,3-6H2,1-2H3,(H2,18,22)(H,19,21)(H,23,24). The molecular formula is C16H23FN4O4. The predicted molar refractivity (Wildman–Crippen MR) is 89.3 cm³/mol. The fourth-order valence-electron chi connectivity index (χ4n) is 2.81. The average molecular weight is 354 g/mol. The second-order valence-corrected chi connectivity index (χ2v) is 6.34. The topological polar surface area (TPSA) is 127 Å². The van der Waals surface area contributed by atoms with E-state index in [9.17, 15) is 14.0 Å². The van der Waals surface area contributed by atoms with Crippen molar-refractivity contribution in [3.63, 3.8) is 0 Å². The Morgan fingerprint density at radius 2 is 1.92 bits per heavy atom. The fraction of sp³-hybridized carbons (Fsp3) is 0.562. The van der Waals surface area contributed by atoms with Crippen molar-refractivity contribution in [2.75, 3.05) is 5.32 Å². The molecule has 1 fully saturated rings. The van der Waals surface area contributed by atoms with Crippen LogP contribution in [0.3, 0.4) is 0 Å². The largest absolute Gasteiger partial charge is 0.474 e. The summed E-state index contributed by atoms with van der Waals surface area (Å²) in [5, 5.41) is 14.2. The van der Waals surface area contributed by atoms with E-state index in [2.05, 4.69) is 15.6 Å². The van der Waals surface area contributed by atoms with Crippen LogP contribution >= 0.6 is 0 Å². The van der Waals surface area contributed by atoms with Crippen molar-refractivity contribution in [1.29, 1.82) is 0 Å². The molecule has 25 heavy (non-hydrogen) atoms. The van der Waals surface area contributed by atoms with Crippen molar-refractivity contribution in [1.82, 2.24) is 10.3 Å². The van der Waals surface area contributed by atoms with Crippen molar-refractivity contribution in [2.45, 2.75) is 57.7 Å². The molecule has 8 nitrogen and oxygen atoms in total. The molecular weight excluding hydrogens is 331 g/mol. The SMILES string of the molecule is CC(C)Oc1nc(NC2CCC(NC(=O)O)CC2)c(F)cc1C(N)=O. The summed E-state index contributed by atoms with van der Waals surface area (Å²) in [6.07, 6.45) is 1.36. The zero-order chi connectivity index (χ0) is 18.6. The third kappa shape index (κ3) is 5.20. The van der Waals surface area contributed by atoms with Crippen molar-refractivity contribution in [3.8, 4) is 5.88 Å². The van der Waals surface area contributed by atoms with Gasteiger partial charge in [-0.25, -0.2) is 9.18 Å². The van der Waals surface area contributed by atoms with Gasteiger partial charge in [0.15, 0.2) is 11.6 Å². The van der Waals surface area contributed by atoms with Crippen LogP contribution in [-0.2, 0) is 0 Å². The number of ether oxygens (including phenoxy) is 1. The molecule has 9 heteroatoms. The van der Waals surface area contributed by atoms with Crippen LogP contribution in [0.4, 0.5) is 15.0 Å². The van der Waals surface area contributed by atoms with Gasteiger partial charge in [-0.2, -0.15) is 4.98 Å². The Hall–Kier alpha value is -2.58. The zero-order valence-corrected chi connectivity index (χ0v) is 14.2. The number of nitrogens with zero attached hydrogens (tertiary/aromatic N) is 1. The van der Waals surface area contributed by atoms with Gasteiger partial charge in [0.05, 0.1) is 6.10 Å². The monoisotopic (exact) mass is 354 g/mol. The summed E-state index contributed by atoms with van der Waals surface area (Å²) < 4.78 is 19.7. The molecule has 1 heterocycles. The van der Waals surface area contributed by atoms with Crippen molar-refractivity contribution in [3.05, 3.63) is 17.4 Å². The molecule has 0 unspecified atom stereocenters. The van der Waals surface area contributed by atoms with E-state index in [4.69, 9.17) is 15.6 Å². The number of nitrogens with two attached hydrogens (primary N) is 1. The van der Waals surface area contributed by atoms with Crippen LogP contribution in [0.2, 0.25) is 0 Å². The van der Waals surface area contributed by atoms with Gasteiger partial charge in [0.2, 0.25) is 5.88 Å². The lowest BCUT2D eigenvalue weighted by atomic mass is 9.91. The molecule has 138 valence electrons. The second kappa shape index (κ2) is 8.00. The van der Waals surface area contributed by atoms with E-state index in [1.807, 2.05) is 0 Å². The lowest BCUT2D eigenvalue weighted by Crippen LogP contribution is -2.39. The number of pyridine rings is 1. The molecule has 0 atom stereocenters. The fourth-order valence-corrected chi connectivity index (χ4v) is 2.81. The van der Waals surface area contributed by atoms with Gasteiger partial charge < -0.3 is 26.2 Å². The number of amides is 2. The molecule has 2 amide bonds. The van der Waals surface area contributed by atoms with Crippen molar-refractivity contribution >= 4 is 17.8 Å². The molecule has 0 aromatic carbocycles. The number of carbonyl (C=O) groups is 2. The third-order valence-electron chi connectivity index (χ3n) is 3.95. The smallest absolute Gasteiger partial charge is 0.404 e. The molecule has 0 bridgehead atoms. The van der Waals surface area contributed by atoms with E-state index in [-0.39, 0.29) is 35.4 Å². The molecule has 0 spiro atoms. The van der Waals surface area contributed by atoms with Gasteiger partial charge in [0.1, 0.15) is 5.56 Å². The normalized spacial score (nSPS) is 20.2. The van der Waals surface area contributed by atoms with Gasteiger partial charge in [-0.05, 0) is 45.6 Å². The summed E-state index contributed by atoms with van der Waals surface area (Å²) in [4.78, 5) is 26.2. The molecule has 5 N–H and O–H groups in total. The maximum atomic E-state index is 14.3.